The van der Waals surface area contributed by atoms with Gasteiger partial charge in [0, 0.05) is 30.6 Å². The zero-order valence-corrected chi connectivity index (χ0v) is 14.6. The maximum absolute atomic E-state index is 12.5. The van der Waals surface area contributed by atoms with Gasteiger partial charge < -0.3 is 10.6 Å². The highest BCUT2D eigenvalue weighted by Gasteiger charge is 2.20. The molecule has 1 aliphatic heterocycles. The Hall–Kier alpha value is -1.88. The van der Waals surface area contributed by atoms with Gasteiger partial charge in [0.1, 0.15) is 5.69 Å². The molecule has 122 valence electrons. The largest absolute Gasteiger partial charge is 0.399 e. The third kappa shape index (κ3) is 3.55. The lowest BCUT2D eigenvalue weighted by Crippen LogP contribution is -2.35. The van der Waals surface area contributed by atoms with Gasteiger partial charge in [-0.2, -0.15) is 0 Å². The highest BCUT2D eigenvalue weighted by molar-refractivity contribution is 7.09. The molecule has 1 aliphatic rings. The van der Waals surface area contributed by atoms with Gasteiger partial charge in [-0.25, -0.2) is 4.98 Å². The number of hydrogen-bond donors (Lipinski definition) is 1. The number of benzene rings is 1. The normalized spacial score (nSPS) is 15.0. The number of nitrogens with zero attached hydrogens (tertiary/aromatic N) is 2. The van der Waals surface area contributed by atoms with E-state index in [-0.39, 0.29) is 5.91 Å². The number of amides is 1. The fourth-order valence-electron chi connectivity index (χ4n) is 3.00. The molecule has 1 aromatic heterocycles. The maximum atomic E-state index is 12.5. The van der Waals surface area contributed by atoms with Gasteiger partial charge >= 0.3 is 0 Å². The first kappa shape index (κ1) is 16.0. The molecule has 1 saturated heterocycles. The summed E-state index contributed by atoms with van der Waals surface area (Å²) in [6.07, 6.45) is 4.19. The highest BCUT2D eigenvalue weighted by Crippen LogP contribution is 2.23. The van der Waals surface area contributed by atoms with Gasteiger partial charge in [-0.1, -0.05) is 6.07 Å². The van der Waals surface area contributed by atoms with Gasteiger partial charge in [0.05, 0.1) is 5.01 Å². The van der Waals surface area contributed by atoms with Crippen molar-refractivity contribution < 1.29 is 4.79 Å². The van der Waals surface area contributed by atoms with Gasteiger partial charge in [-0.3, -0.25) is 4.79 Å². The third-order valence-corrected chi connectivity index (χ3v) is 5.33. The van der Waals surface area contributed by atoms with Crippen molar-refractivity contribution in [3.8, 4) is 0 Å². The number of piperidine rings is 1. The van der Waals surface area contributed by atoms with Crippen LogP contribution in [0.3, 0.4) is 0 Å². The van der Waals surface area contributed by atoms with Crippen molar-refractivity contribution in [3.63, 3.8) is 0 Å². The second-order valence-corrected chi connectivity index (χ2v) is 7.23. The molecule has 23 heavy (non-hydrogen) atoms. The molecule has 3 rings (SSSR count). The highest BCUT2D eigenvalue weighted by atomic mass is 32.1. The lowest BCUT2D eigenvalue weighted by Gasteiger charge is -2.25. The Bertz CT molecular complexity index is 717. The van der Waals surface area contributed by atoms with Crippen molar-refractivity contribution >= 4 is 22.9 Å². The predicted molar refractivity (Wildman–Crippen MR) is 95.0 cm³/mol. The summed E-state index contributed by atoms with van der Waals surface area (Å²) in [6, 6.07) is 4.14. The minimum absolute atomic E-state index is 0.0809. The average Bonchev–Trinajstić information content (AvgIpc) is 3.01. The molecule has 2 heterocycles. The van der Waals surface area contributed by atoms with Crippen molar-refractivity contribution in [1.82, 2.24) is 9.88 Å². The van der Waals surface area contributed by atoms with Crippen LogP contribution >= 0.6 is 11.3 Å². The molecule has 0 radical (unpaired) electrons. The molecule has 0 aliphatic carbocycles. The van der Waals surface area contributed by atoms with E-state index in [2.05, 4.69) is 18.0 Å². The lowest BCUT2D eigenvalue weighted by atomic mass is 10.0. The van der Waals surface area contributed by atoms with Crippen molar-refractivity contribution in [2.75, 3.05) is 18.8 Å². The number of rotatable bonds is 3. The Kier molecular flexibility index (Phi) is 4.66. The molecule has 1 fully saturated rings. The molecule has 0 atom stereocenters. The molecule has 1 aromatic carbocycles. The molecule has 4 nitrogen and oxygen atoms in total. The summed E-state index contributed by atoms with van der Waals surface area (Å²) in [7, 11) is 0. The van der Waals surface area contributed by atoms with E-state index in [4.69, 9.17) is 5.73 Å². The van der Waals surface area contributed by atoms with Crippen molar-refractivity contribution in [1.29, 1.82) is 0 Å². The Morgan fingerprint density at radius 1 is 1.22 bits per heavy atom. The molecule has 0 bridgehead atoms. The molecule has 5 heteroatoms. The number of nitrogens with two attached hydrogens (primary N) is 1. The number of nitrogen functional groups attached to an aromatic ring is 1. The number of aryl methyl sites for hydroxylation is 2. The van der Waals surface area contributed by atoms with Crippen LogP contribution in [0.1, 0.15) is 51.4 Å². The quantitative estimate of drug-likeness (QED) is 0.876. The molecule has 0 saturated carbocycles. The monoisotopic (exact) mass is 329 g/mol. The zero-order valence-electron chi connectivity index (χ0n) is 13.8. The zero-order chi connectivity index (χ0) is 16.4. The SMILES string of the molecule is Cc1cc(Cc2nc(C(=O)N3CCCCC3)cs2)c(C)cc1N. The van der Waals surface area contributed by atoms with Crippen LogP contribution in [0.4, 0.5) is 5.69 Å². The van der Waals surface area contributed by atoms with Crippen LogP contribution in [-0.4, -0.2) is 28.9 Å². The van der Waals surface area contributed by atoms with Crippen LogP contribution < -0.4 is 5.73 Å². The van der Waals surface area contributed by atoms with Crippen molar-refractivity contribution in [2.45, 2.75) is 39.5 Å². The van der Waals surface area contributed by atoms with Crippen LogP contribution in [0.2, 0.25) is 0 Å². The number of carbonyl (C=O) groups is 1. The second kappa shape index (κ2) is 6.71. The molecular weight excluding hydrogens is 306 g/mol. The molecular formula is C18H23N3OS. The van der Waals surface area contributed by atoms with E-state index < -0.39 is 0 Å². The number of aromatic nitrogens is 1. The minimum atomic E-state index is 0.0809. The van der Waals surface area contributed by atoms with Gasteiger partial charge in [-0.15, -0.1) is 11.3 Å². The van der Waals surface area contributed by atoms with Gasteiger partial charge in [-0.05, 0) is 55.9 Å². The lowest BCUT2D eigenvalue weighted by molar-refractivity contribution is 0.0719. The van der Waals surface area contributed by atoms with E-state index in [1.54, 1.807) is 11.3 Å². The van der Waals surface area contributed by atoms with Gasteiger partial charge in [0.25, 0.3) is 5.91 Å². The number of carbonyl (C=O) groups excluding carboxylic acids is 1. The first-order valence-electron chi connectivity index (χ1n) is 8.14. The summed E-state index contributed by atoms with van der Waals surface area (Å²) < 4.78 is 0. The van der Waals surface area contributed by atoms with E-state index >= 15 is 0 Å². The fraction of sp³-hybridized carbons (Fsp3) is 0.444. The molecule has 1 amide bonds. The van der Waals surface area contributed by atoms with Gasteiger partial charge in [0.15, 0.2) is 0 Å². The average molecular weight is 329 g/mol. The summed E-state index contributed by atoms with van der Waals surface area (Å²) in [4.78, 5) is 19.0. The van der Waals surface area contributed by atoms with Crippen LogP contribution in [-0.2, 0) is 6.42 Å². The van der Waals surface area contributed by atoms with E-state index in [1.807, 2.05) is 23.3 Å². The van der Waals surface area contributed by atoms with Crippen LogP contribution in [0.5, 0.6) is 0 Å². The summed E-state index contributed by atoms with van der Waals surface area (Å²) in [5, 5.41) is 2.88. The smallest absolute Gasteiger partial charge is 0.273 e. The van der Waals surface area contributed by atoms with E-state index in [1.165, 1.54) is 17.5 Å². The van der Waals surface area contributed by atoms with Crippen LogP contribution in [0.15, 0.2) is 17.5 Å². The van der Waals surface area contributed by atoms with Crippen molar-refractivity contribution in [2.24, 2.45) is 0 Å². The standard InChI is InChI=1S/C18H23N3OS/c1-12-9-15(19)13(2)8-14(12)10-17-20-16(11-23-17)18(22)21-6-4-3-5-7-21/h8-9,11H,3-7,10,19H2,1-2H3. The maximum Gasteiger partial charge on any atom is 0.273 e. The number of anilines is 1. The first-order chi connectivity index (χ1) is 11.0. The number of thiazole rings is 1. The molecule has 0 unspecified atom stereocenters. The minimum Gasteiger partial charge on any atom is -0.399 e. The Morgan fingerprint density at radius 3 is 2.70 bits per heavy atom. The first-order valence-corrected chi connectivity index (χ1v) is 9.02. The topological polar surface area (TPSA) is 59.2 Å². The Labute approximate surface area is 141 Å². The fourth-order valence-corrected chi connectivity index (χ4v) is 3.79. The number of likely N-dealkylation sites (tertiary alicyclic amines) is 1. The summed E-state index contributed by atoms with van der Waals surface area (Å²) >= 11 is 1.57. The molecule has 2 N–H and O–H groups in total. The van der Waals surface area contributed by atoms with Crippen LogP contribution in [0.25, 0.3) is 0 Å². The predicted octanol–water partition coefficient (Wildman–Crippen LogP) is 3.56. The molecule has 0 spiro atoms. The number of hydrogen-bond acceptors (Lipinski definition) is 4. The van der Waals surface area contributed by atoms with Crippen LogP contribution in [0, 0.1) is 13.8 Å². The second-order valence-electron chi connectivity index (χ2n) is 6.29. The third-order valence-electron chi connectivity index (χ3n) is 4.48. The Balaban J connectivity index is 1.74. The summed E-state index contributed by atoms with van der Waals surface area (Å²) in [5.41, 5.74) is 10.9. The summed E-state index contributed by atoms with van der Waals surface area (Å²) in [6.45, 7) is 5.81. The van der Waals surface area contributed by atoms with Gasteiger partial charge in [0.2, 0.25) is 0 Å². The van der Waals surface area contributed by atoms with E-state index in [0.29, 0.717) is 5.69 Å². The van der Waals surface area contributed by atoms with E-state index in [9.17, 15) is 4.79 Å². The summed E-state index contributed by atoms with van der Waals surface area (Å²) in [5.74, 6) is 0.0809. The van der Waals surface area contributed by atoms with Crippen molar-refractivity contribution in [3.05, 3.63) is 44.9 Å². The Morgan fingerprint density at radius 2 is 1.96 bits per heavy atom. The molecule has 2 aromatic rings. The van der Waals surface area contributed by atoms with E-state index in [0.717, 1.165) is 48.6 Å².